The normalized spacial score (nSPS) is 14.6. The number of benzene rings is 2. The number of carbonyl (C=O) groups is 1. The van der Waals surface area contributed by atoms with E-state index in [-0.39, 0.29) is 5.91 Å². The van der Waals surface area contributed by atoms with Crippen LogP contribution < -0.4 is 14.4 Å². The maximum Gasteiger partial charge on any atom is 0.252 e. The monoisotopic (exact) mass is 467 g/mol. The second-order valence-corrected chi connectivity index (χ2v) is 8.87. The lowest BCUT2D eigenvalue weighted by Gasteiger charge is -2.28. The molecule has 1 saturated heterocycles. The van der Waals surface area contributed by atoms with Gasteiger partial charge in [0, 0.05) is 32.3 Å². The van der Waals surface area contributed by atoms with E-state index in [9.17, 15) is 4.79 Å². The van der Waals surface area contributed by atoms with E-state index in [1.165, 1.54) is 5.56 Å². The first-order valence-corrected chi connectivity index (χ1v) is 11.8. The van der Waals surface area contributed by atoms with E-state index in [0.717, 1.165) is 48.6 Å². The Labute approximate surface area is 198 Å². The summed E-state index contributed by atoms with van der Waals surface area (Å²) in [7, 11) is 3.20. The van der Waals surface area contributed by atoms with Crippen molar-refractivity contribution in [2.75, 3.05) is 58.5 Å². The van der Waals surface area contributed by atoms with Gasteiger partial charge >= 0.3 is 0 Å². The van der Waals surface area contributed by atoms with Gasteiger partial charge < -0.3 is 14.2 Å². The largest absolute Gasteiger partial charge is 0.493 e. The Morgan fingerprint density at radius 2 is 1.94 bits per heavy atom. The van der Waals surface area contributed by atoms with E-state index in [1.807, 2.05) is 30.3 Å². The molecule has 1 aliphatic heterocycles. The molecule has 0 atom stereocenters. The Bertz CT molecular complexity index is 1140. The number of morpholine rings is 1. The lowest BCUT2D eigenvalue weighted by molar-refractivity contribution is -0.114. The van der Waals surface area contributed by atoms with E-state index in [0.29, 0.717) is 23.2 Å². The van der Waals surface area contributed by atoms with Crippen molar-refractivity contribution in [2.45, 2.75) is 6.92 Å². The lowest BCUT2D eigenvalue weighted by Crippen LogP contribution is -2.42. The second kappa shape index (κ2) is 10.8. The number of ether oxygens (including phenoxy) is 3. The standard InChI is InChI=1S/C25H29N3O4S/c1-18-4-7-20-23(16-18)33-25(26-20)28(11-10-27-12-14-32-15-13-27)24(29)9-6-19-5-8-21(30-2)22(17-19)31-3/h4-9,16-17H,10-15H2,1-3H3/b9-6+. The summed E-state index contributed by atoms with van der Waals surface area (Å²) in [4.78, 5) is 22.2. The third-order valence-corrected chi connectivity index (χ3v) is 6.64. The fourth-order valence-electron chi connectivity index (χ4n) is 3.72. The minimum Gasteiger partial charge on any atom is -0.493 e. The molecule has 1 amide bonds. The predicted molar refractivity (Wildman–Crippen MR) is 133 cm³/mol. The van der Waals surface area contributed by atoms with E-state index in [4.69, 9.17) is 19.2 Å². The first-order chi connectivity index (χ1) is 16.1. The molecule has 0 saturated carbocycles. The smallest absolute Gasteiger partial charge is 0.252 e. The third-order valence-electron chi connectivity index (χ3n) is 5.60. The van der Waals surface area contributed by atoms with Gasteiger partial charge in [0.05, 0.1) is 37.6 Å². The van der Waals surface area contributed by atoms with Crippen LogP contribution in [0.25, 0.3) is 16.3 Å². The molecule has 2 heterocycles. The third kappa shape index (κ3) is 5.71. The number of anilines is 1. The Morgan fingerprint density at radius 3 is 2.70 bits per heavy atom. The van der Waals surface area contributed by atoms with Gasteiger partial charge in [0.15, 0.2) is 16.6 Å². The average Bonchev–Trinajstić information content (AvgIpc) is 3.26. The maximum atomic E-state index is 13.3. The highest BCUT2D eigenvalue weighted by molar-refractivity contribution is 7.22. The van der Waals surface area contributed by atoms with Gasteiger partial charge in [0.1, 0.15) is 0 Å². The van der Waals surface area contributed by atoms with E-state index in [1.54, 1.807) is 42.6 Å². The average molecular weight is 468 g/mol. The lowest BCUT2D eigenvalue weighted by atomic mass is 10.2. The molecule has 33 heavy (non-hydrogen) atoms. The Hall–Kier alpha value is -2.94. The summed E-state index contributed by atoms with van der Waals surface area (Å²) in [5.74, 6) is 1.17. The van der Waals surface area contributed by atoms with Crippen molar-refractivity contribution in [3.8, 4) is 11.5 Å². The van der Waals surface area contributed by atoms with E-state index in [2.05, 4.69) is 17.9 Å². The molecule has 0 radical (unpaired) electrons. The Morgan fingerprint density at radius 1 is 1.15 bits per heavy atom. The molecule has 1 aromatic heterocycles. The van der Waals surface area contributed by atoms with Crippen molar-refractivity contribution in [1.29, 1.82) is 0 Å². The quantitative estimate of drug-likeness (QED) is 0.467. The van der Waals surface area contributed by atoms with Crippen LogP contribution in [0.1, 0.15) is 11.1 Å². The molecule has 7 nitrogen and oxygen atoms in total. The van der Waals surface area contributed by atoms with Gasteiger partial charge in [0.2, 0.25) is 0 Å². The number of fused-ring (bicyclic) bond motifs is 1. The predicted octanol–water partition coefficient (Wildman–Crippen LogP) is 4.00. The molecule has 1 fully saturated rings. The zero-order chi connectivity index (χ0) is 23.2. The zero-order valence-corrected chi connectivity index (χ0v) is 20.1. The molecule has 0 N–H and O–H groups in total. The number of aryl methyl sites for hydroxylation is 1. The van der Waals surface area contributed by atoms with Crippen LogP contribution in [0.5, 0.6) is 11.5 Å². The Kier molecular flexibility index (Phi) is 7.59. The number of nitrogens with zero attached hydrogens (tertiary/aromatic N) is 3. The maximum absolute atomic E-state index is 13.3. The minimum absolute atomic E-state index is 0.103. The van der Waals surface area contributed by atoms with Gasteiger partial charge in [-0.2, -0.15) is 0 Å². The van der Waals surface area contributed by atoms with Crippen molar-refractivity contribution in [3.05, 3.63) is 53.6 Å². The van der Waals surface area contributed by atoms with Crippen LogP contribution in [0, 0.1) is 6.92 Å². The summed E-state index contributed by atoms with van der Waals surface area (Å²) in [5.41, 5.74) is 2.94. The van der Waals surface area contributed by atoms with Crippen LogP contribution in [0.3, 0.4) is 0 Å². The van der Waals surface area contributed by atoms with Crippen LogP contribution in [-0.4, -0.2) is 69.4 Å². The van der Waals surface area contributed by atoms with E-state index >= 15 is 0 Å². The van der Waals surface area contributed by atoms with Crippen LogP contribution in [-0.2, 0) is 9.53 Å². The number of hydrogen-bond acceptors (Lipinski definition) is 7. The first kappa shape index (κ1) is 23.2. The summed E-state index contributed by atoms with van der Waals surface area (Å²) in [6.45, 7) is 6.61. The fourth-order valence-corrected chi connectivity index (χ4v) is 4.81. The van der Waals surface area contributed by atoms with Gasteiger partial charge in [-0.15, -0.1) is 0 Å². The summed E-state index contributed by atoms with van der Waals surface area (Å²) >= 11 is 1.55. The number of rotatable bonds is 8. The molecule has 3 aromatic rings. The van der Waals surface area contributed by atoms with Gasteiger partial charge in [0.25, 0.3) is 5.91 Å². The highest BCUT2D eigenvalue weighted by atomic mass is 32.1. The van der Waals surface area contributed by atoms with Gasteiger partial charge in [-0.1, -0.05) is 23.5 Å². The molecule has 2 aromatic carbocycles. The van der Waals surface area contributed by atoms with E-state index < -0.39 is 0 Å². The van der Waals surface area contributed by atoms with Crippen LogP contribution >= 0.6 is 11.3 Å². The molecule has 1 aliphatic rings. The van der Waals surface area contributed by atoms with Crippen molar-refractivity contribution in [2.24, 2.45) is 0 Å². The highest BCUT2D eigenvalue weighted by Gasteiger charge is 2.20. The SMILES string of the molecule is COc1ccc(/C=C/C(=O)N(CCN2CCOCC2)c2nc3ccc(C)cc3s2)cc1OC. The molecule has 0 bridgehead atoms. The van der Waals surface area contributed by atoms with Crippen LogP contribution in [0.4, 0.5) is 5.13 Å². The number of thiazole rings is 1. The highest BCUT2D eigenvalue weighted by Crippen LogP contribution is 2.30. The molecule has 0 aliphatic carbocycles. The van der Waals surface area contributed by atoms with Gasteiger partial charge in [-0.3, -0.25) is 14.6 Å². The van der Waals surface area contributed by atoms with Crippen molar-refractivity contribution < 1.29 is 19.0 Å². The molecule has 4 rings (SSSR count). The second-order valence-electron chi connectivity index (χ2n) is 7.86. The minimum atomic E-state index is -0.103. The summed E-state index contributed by atoms with van der Waals surface area (Å²) in [6.07, 6.45) is 3.39. The van der Waals surface area contributed by atoms with Crippen molar-refractivity contribution in [3.63, 3.8) is 0 Å². The topological polar surface area (TPSA) is 64.1 Å². The molecular weight excluding hydrogens is 438 g/mol. The van der Waals surface area contributed by atoms with Crippen LogP contribution in [0.2, 0.25) is 0 Å². The summed E-state index contributed by atoms with van der Waals surface area (Å²) in [6, 6.07) is 11.7. The van der Waals surface area contributed by atoms with Crippen molar-refractivity contribution >= 4 is 38.7 Å². The van der Waals surface area contributed by atoms with Crippen LogP contribution in [0.15, 0.2) is 42.5 Å². The number of methoxy groups -OCH3 is 2. The zero-order valence-electron chi connectivity index (χ0n) is 19.2. The molecule has 0 unspecified atom stereocenters. The first-order valence-electron chi connectivity index (χ1n) is 11.0. The number of amides is 1. The Balaban J connectivity index is 1.57. The molecule has 174 valence electrons. The fraction of sp³-hybridized carbons (Fsp3) is 0.360. The molecular formula is C25H29N3O4S. The number of hydrogen-bond donors (Lipinski definition) is 0. The molecule has 0 spiro atoms. The van der Waals surface area contributed by atoms with Gasteiger partial charge in [-0.05, 0) is 48.4 Å². The molecule has 8 heteroatoms. The van der Waals surface area contributed by atoms with Gasteiger partial charge in [-0.25, -0.2) is 4.98 Å². The van der Waals surface area contributed by atoms with Crippen molar-refractivity contribution in [1.82, 2.24) is 9.88 Å². The number of carbonyl (C=O) groups excluding carboxylic acids is 1. The number of aromatic nitrogens is 1. The summed E-state index contributed by atoms with van der Waals surface area (Å²) < 4.78 is 17.2. The summed E-state index contributed by atoms with van der Waals surface area (Å²) in [5, 5.41) is 0.714.